The van der Waals surface area contributed by atoms with E-state index in [1.807, 2.05) is 31.2 Å². The first kappa shape index (κ1) is 12.9. The van der Waals surface area contributed by atoms with Gasteiger partial charge in [-0.1, -0.05) is 6.07 Å². The number of methoxy groups -OCH3 is 1. The zero-order valence-electron chi connectivity index (χ0n) is 11.8. The van der Waals surface area contributed by atoms with Crippen molar-refractivity contribution >= 4 is 5.69 Å². The minimum atomic E-state index is 0.318. The van der Waals surface area contributed by atoms with Gasteiger partial charge in [-0.25, -0.2) is 0 Å². The lowest BCUT2D eigenvalue weighted by atomic mass is 10.1. The number of hydrogen-bond acceptors (Lipinski definition) is 3. The van der Waals surface area contributed by atoms with Crippen molar-refractivity contribution in [3.63, 3.8) is 0 Å². The second kappa shape index (κ2) is 5.08. The fraction of sp³-hybridized carbons (Fsp3) is 0.294. The molecule has 1 aliphatic rings. The highest BCUT2D eigenvalue weighted by Crippen LogP contribution is 2.36. The molecule has 2 N–H and O–H groups in total. The standard InChI is InChI=1S/C17H19NO2/c1-11-9-13(4-8-17(11)20-2)18-16-7-3-12-10-14(19)5-6-15(12)16/h4-6,8-10,16,18-19H,3,7H2,1-2H3. The largest absolute Gasteiger partial charge is 0.508 e. The summed E-state index contributed by atoms with van der Waals surface area (Å²) in [5.74, 6) is 1.26. The minimum Gasteiger partial charge on any atom is -0.508 e. The van der Waals surface area contributed by atoms with E-state index in [0.717, 1.165) is 29.8 Å². The smallest absolute Gasteiger partial charge is 0.121 e. The van der Waals surface area contributed by atoms with Crippen molar-refractivity contribution in [3.05, 3.63) is 53.1 Å². The molecule has 0 heterocycles. The molecule has 1 atom stereocenters. The summed E-state index contributed by atoms with van der Waals surface area (Å²) >= 11 is 0. The highest BCUT2D eigenvalue weighted by molar-refractivity contribution is 5.53. The minimum absolute atomic E-state index is 0.318. The predicted molar refractivity (Wildman–Crippen MR) is 80.5 cm³/mol. The van der Waals surface area contributed by atoms with Crippen LogP contribution in [-0.4, -0.2) is 12.2 Å². The molecular weight excluding hydrogens is 250 g/mol. The van der Waals surface area contributed by atoms with Gasteiger partial charge in [0.15, 0.2) is 0 Å². The summed E-state index contributed by atoms with van der Waals surface area (Å²) in [7, 11) is 1.69. The Bertz CT molecular complexity index is 637. The second-order valence-electron chi connectivity index (χ2n) is 5.30. The van der Waals surface area contributed by atoms with Crippen LogP contribution in [0.4, 0.5) is 5.69 Å². The molecule has 0 aromatic heterocycles. The fourth-order valence-corrected chi connectivity index (χ4v) is 2.92. The number of nitrogens with one attached hydrogen (secondary N) is 1. The molecule has 20 heavy (non-hydrogen) atoms. The van der Waals surface area contributed by atoms with Crippen molar-refractivity contribution in [2.45, 2.75) is 25.8 Å². The van der Waals surface area contributed by atoms with E-state index >= 15 is 0 Å². The normalized spacial score (nSPS) is 16.8. The number of fused-ring (bicyclic) bond motifs is 1. The number of benzene rings is 2. The third kappa shape index (κ3) is 2.31. The fourth-order valence-electron chi connectivity index (χ4n) is 2.92. The molecule has 0 amide bonds. The van der Waals surface area contributed by atoms with Crippen molar-refractivity contribution in [2.75, 3.05) is 12.4 Å². The Morgan fingerprint density at radius 1 is 1.20 bits per heavy atom. The lowest BCUT2D eigenvalue weighted by Crippen LogP contribution is -2.07. The van der Waals surface area contributed by atoms with Crippen LogP contribution in [0, 0.1) is 6.92 Å². The van der Waals surface area contributed by atoms with Gasteiger partial charge in [0.05, 0.1) is 13.2 Å². The van der Waals surface area contributed by atoms with E-state index in [4.69, 9.17) is 4.74 Å². The molecule has 1 aliphatic carbocycles. The Kier molecular flexibility index (Phi) is 3.26. The van der Waals surface area contributed by atoms with E-state index in [-0.39, 0.29) is 0 Å². The van der Waals surface area contributed by atoms with Crippen molar-refractivity contribution in [1.82, 2.24) is 0 Å². The van der Waals surface area contributed by atoms with Gasteiger partial charge in [-0.3, -0.25) is 0 Å². The number of hydrogen-bond donors (Lipinski definition) is 2. The molecule has 3 heteroatoms. The molecule has 0 aliphatic heterocycles. The molecule has 0 saturated carbocycles. The maximum Gasteiger partial charge on any atom is 0.121 e. The topological polar surface area (TPSA) is 41.5 Å². The molecular formula is C17H19NO2. The summed E-state index contributed by atoms with van der Waals surface area (Å²) in [6.45, 7) is 2.05. The third-order valence-electron chi connectivity index (χ3n) is 3.94. The first-order valence-electron chi connectivity index (χ1n) is 6.90. The number of phenols is 1. The number of rotatable bonds is 3. The van der Waals surface area contributed by atoms with Crippen LogP contribution in [0.3, 0.4) is 0 Å². The van der Waals surface area contributed by atoms with Gasteiger partial charge in [-0.05, 0) is 66.8 Å². The molecule has 3 nitrogen and oxygen atoms in total. The van der Waals surface area contributed by atoms with E-state index in [0.29, 0.717) is 11.8 Å². The van der Waals surface area contributed by atoms with Gasteiger partial charge < -0.3 is 15.2 Å². The van der Waals surface area contributed by atoms with Crippen LogP contribution in [0.2, 0.25) is 0 Å². The molecule has 0 fully saturated rings. The van der Waals surface area contributed by atoms with Gasteiger partial charge in [0.1, 0.15) is 11.5 Å². The van der Waals surface area contributed by atoms with E-state index in [9.17, 15) is 5.11 Å². The van der Waals surface area contributed by atoms with Crippen molar-refractivity contribution in [3.8, 4) is 11.5 Å². The maximum absolute atomic E-state index is 9.53. The van der Waals surface area contributed by atoms with Gasteiger partial charge in [-0.15, -0.1) is 0 Å². The summed E-state index contributed by atoms with van der Waals surface area (Å²) in [6, 6.07) is 12.1. The Hall–Kier alpha value is -2.16. The molecule has 2 aromatic rings. The number of aryl methyl sites for hydroxylation is 2. The molecule has 0 radical (unpaired) electrons. The maximum atomic E-state index is 9.53. The predicted octanol–water partition coefficient (Wildman–Crippen LogP) is 3.81. The first-order chi connectivity index (χ1) is 9.67. The highest BCUT2D eigenvalue weighted by atomic mass is 16.5. The van der Waals surface area contributed by atoms with Gasteiger partial charge in [-0.2, -0.15) is 0 Å². The van der Waals surface area contributed by atoms with Crippen molar-refractivity contribution in [1.29, 1.82) is 0 Å². The van der Waals surface area contributed by atoms with E-state index in [1.54, 1.807) is 13.2 Å². The summed E-state index contributed by atoms with van der Waals surface area (Å²) in [6.07, 6.45) is 2.07. The number of anilines is 1. The van der Waals surface area contributed by atoms with Crippen LogP contribution in [0.5, 0.6) is 11.5 Å². The van der Waals surface area contributed by atoms with Crippen LogP contribution in [0.1, 0.15) is 29.2 Å². The third-order valence-corrected chi connectivity index (χ3v) is 3.94. The number of ether oxygens (including phenoxy) is 1. The first-order valence-corrected chi connectivity index (χ1v) is 6.90. The van der Waals surface area contributed by atoms with Crippen LogP contribution in [0.25, 0.3) is 0 Å². The van der Waals surface area contributed by atoms with Crippen molar-refractivity contribution < 1.29 is 9.84 Å². The summed E-state index contributed by atoms with van der Waals surface area (Å²) in [4.78, 5) is 0. The Labute approximate surface area is 119 Å². The number of phenolic OH excluding ortho intramolecular Hbond substituents is 1. The van der Waals surface area contributed by atoms with E-state index < -0.39 is 0 Å². The molecule has 3 rings (SSSR count). The van der Waals surface area contributed by atoms with E-state index in [1.165, 1.54) is 11.1 Å². The monoisotopic (exact) mass is 269 g/mol. The summed E-state index contributed by atoms with van der Waals surface area (Å²) in [5, 5.41) is 13.1. The van der Waals surface area contributed by atoms with E-state index in [2.05, 4.69) is 11.4 Å². The SMILES string of the molecule is COc1ccc(NC2CCc3cc(O)ccc32)cc1C. The zero-order chi connectivity index (χ0) is 14.1. The summed E-state index contributed by atoms with van der Waals surface area (Å²) < 4.78 is 5.28. The Morgan fingerprint density at radius 2 is 2.05 bits per heavy atom. The van der Waals surface area contributed by atoms with Gasteiger partial charge in [0.25, 0.3) is 0 Å². The molecule has 104 valence electrons. The van der Waals surface area contributed by atoms with Gasteiger partial charge in [0.2, 0.25) is 0 Å². The Morgan fingerprint density at radius 3 is 2.80 bits per heavy atom. The van der Waals surface area contributed by atoms with Crippen LogP contribution < -0.4 is 10.1 Å². The van der Waals surface area contributed by atoms with Gasteiger partial charge in [0, 0.05) is 5.69 Å². The van der Waals surface area contributed by atoms with Crippen LogP contribution >= 0.6 is 0 Å². The molecule has 2 aromatic carbocycles. The summed E-state index contributed by atoms with van der Waals surface area (Å²) in [5.41, 5.74) is 4.76. The molecule has 0 saturated heterocycles. The van der Waals surface area contributed by atoms with Gasteiger partial charge >= 0.3 is 0 Å². The average molecular weight is 269 g/mol. The molecule has 0 bridgehead atoms. The lowest BCUT2D eigenvalue weighted by molar-refractivity contribution is 0.412. The van der Waals surface area contributed by atoms with Crippen LogP contribution in [-0.2, 0) is 6.42 Å². The highest BCUT2D eigenvalue weighted by Gasteiger charge is 2.22. The van der Waals surface area contributed by atoms with Crippen LogP contribution in [0.15, 0.2) is 36.4 Å². The number of aromatic hydroxyl groups is 1. The quantitative estimate of drug-likeness (QED) is 0.890. The lowest BCUT2D eigenvalue weighted by Gasteiger charge is -2.17. The zero-order valence-corrected chi connectivity index (χ0v) is 11.8. The Balaban J connectivity index is 1.82. The second-order valence-corrected chi connectivity index (χ2v) is 5.30. The molecule has 1 unspecified atom stereocenters. The van der Waals surface area contributed by atoms with Crippen molar-refractivity contribution in [2.24, 2.45) is 0 Å². The molecule has 0 spiro atoms. The average Bonchev–Trinajstić information content (AvgIpc) is 2.81.